The Morgan fingerprint density at radius 1 is 1.12 bits per heavy atom. The van der Waals surface area contributed by atoms with Crippen LogP contribution in [0.25, 0.3) is 11.3 Å². The molecular weight excluding hydrogens is 216 g/mol. The van der Waals surface area contributed by atoms with Gasteiger partial charge in [0.1, 0.15) is 0 Å². The number of nitrogens with one attached hydrogen (secondary N) is 1. The summed E-state index contributed by atoms with van der Waals surface area (Å²) in [6, 6.07) is 5.71. The number of pyridine rings is 1. The average Bonchev–Trinajstić information content (AvgIpc) is 2.41. The second kappa shape index (κ2) is 5.91. The second-order valence-electron chi connectivity index (χ2n) is 3.51. The Kier molecular flexibility index (Phi) is 3.99. The van der Waals surface area contributed by atoms with Crippen LogP contribution in [0.15, 0.2) is 36.8 Å². The lowest BCUT2D eigenvalue weighted by Gasteiger charge is -2.04. The summed E-state index contributed by atoms with van der Waals surface area (Å²) >= 11 is 0. The predicted octanol–water partition coefficient (Wildman–Crippen LogP) is 1.33. The van der Waals surface area contributed by atoms with E-state index in [-0.39, 0.29) is 6.61 Å². The van der Waals surface area contributed by atoms with Crippen LogP contribution < -0.4 is 5.32 Å². The Balaban J connectivity index is 2.03. The molecule has 0 radical (unpaired) electrons. The molecule has 0 saturated carbocycles. The normalized spacial score (nSPS) is 10.2. The molecule has 0 spiro atoms. The molecule has 2 aromatic rings. The number of hydrogen-bond acceptors (Lipinski definition) is 5. The van der Waals surface area contributed by atoms with Crippen molar-refractivity contribution >= 4 is 5.95 Å². The zero-order valence-corrected chi connectivity index (χ0v) is 9.37. The van der Waals surface area contributed by atoms with E-state index in [0.29, 0.717) is 18.9 Å². The van der Waals surface area contributed by atoms with Gasteiger partial charge >= 0.3 is 0 Å². The highest BCUT2D eigenvalue weighted by Crippen LogP contribution is 2.14. The third-order valence-electron chi connectivity index (χ3n) is 2.23. The van der Waals surface area contributed by atoms with Crippen molar-refractivity contribution in [2.24, 2.45) is 0 Å². The highest BCUT2D eigenvalue weighted by molar-refractivity contribution is 5.56. The van der Waals surface area contributed by atoms with Gasteiger partial charge in [-0.1, -0.05) is 6.07 Å². The van der Waals surface area contributed by atoms with Crippen molar-refractivity contribution in [3.8, 4) is 11.3 Å². The Labute approximate surface area is 99.6 Å². The molecule has 0 atom stereocenters. The fraction of sp³-hybridized carbons (Fsp3) is 0.250. The van der Waals surface area contributed by atoms with Gasteiger partial charge in [-0.2, -0.15) is 0 Å². The minimum absolute atomic E-state index is 0.166. The summed E-state index contributed by atoms with van der Waals surface area (Å²) in [5.41, 5.74) is 1.74. The number of aliphatic hydroxyl groups excluding tert-OH is 1. The molecule has 17 heavy (non-hydrogen) atoms. The summed E-state index contributed by atoms with van der Waals surface area (Å²) in [7, 11) is 0. The number of nitrogens with zero attached hydrogens (tertiary/aromatic N) is 3. The number of anilines is 1. The molecule has 88 valence electrons. The van der Waals surface area contributed by atoms with Gasteiger partial charge in [-0.3, -0.25) is 4.98 Å². The maximum absolute atomic E-state index is 8.65. The van der Waals surface area contributed by atoms with E-state index in [9.17, 15) is 0 Å². The highest BCUT2D eigenvalue weighted by Gasteiger charge is 2.00. The Morgan fingerprint density at radius 3 is 2.59 bits per heavy atom. The van der Waals surface area contributed by atoms with E-state index >= 15 is 0 Å². The molecule has 0 saturated heterocycles. The standard InChI is InChI=1S/C12H14N4O/c17-7-3-6-14-12-15-8-10(9-16-12)11-4-1-2-5-13-11/h1-2,4-5,8-9,17H,3,6-7H2,(H,14,15,16). The summed E-state index contributed by atoms with van der Waals surface area (Å²) in [4.78, 5) is 12.6. The van der Waals surface area contributed by atoms with E-state index in [1.54, 1.807) is 18.6 Å². The first-order chi connectivity index (χ1) is 8.40. The van der Waals surface area contributed by atoms with E-state index in [2.05, 4.69) is 20.3 Å². The molecule has 2 aromatic heterocycles. The van der Waals surface area contributed by atoms with Gasteiger partial charge < -0.3 is 10.4 Å². The van der Waals surface area contributed by atoms with Crippen molar-refractivity contribution in [2.45, 2.75) is 6.42 Å². The zero-order valence-electron chi connectivity index (χ0n) is 9.37. The monoisotopic (exact) mass is 230 g/mol. The molecule has 2 heterocycles. The van der Waals surface area contributed by atoms with Crippen LogP contribution in [0, 0.1) is 0 Å². The van der Waals surface area contributed by atoms with Crippen LogP contribution in [0.2, 0.25) is 0 Å². The van der Waals surface area contributed by atoms with Crippen LogP contribution in [0.3, 0.4) is 0 Å². The fourth-order valence-corrected chi connectivity index (χ4v) is 1.36. The van der Waals surface area contributed by atoms with Crippen molar-refractivity contribution < 1.29 is 5.11 Å². The quantitative estimate of drug-likeness (QED) is 0.758. The second-order valence-corrected chi connectivity index (χ2v) is 3.51. The SMILES string of the molecule is OCCCNc1ncc(-c2ccccn2)cn1. The van der Waals surface area contributed by atoms with E-state index in [4.69, 9.17) is 5.11 Å². The van der Waals surface area contributed by atoms with Crippen LogP contribution in [-0.4, -0.2) is 33.2 Å². The van der Waals surface area contributed by atoms with Crippen LogP contribution in [0.4, 0.5) is 5.95 Å². The lowest BCUT2D eigenvalue weighted by atomic mass is 10.2. The van der Waals surface area contributed by atoms with Crippen molar-refractivity contribution in [1.29, 1.82) is 0 Å². The maximum atomic E-state index is 8.65. The minimum atomic E-state index is 0.166. The minimum Gasteiger partial charge on any atom is -0.396 e. The average molecular weight is 230 g/mol. The number of aromatic nitrogens is 3. The van der Waals surface area contributed by atoms with Gasteiger partial charge in [0.05, 0.1) is 5.69 Å². The van der Waals surface area contributed by atoms with E-state index in [0.717, 1.165) is 11.3 Å². The molecule has 0 aliphatic heterocycles. The summed E-state index contributed by atoms with van der Waals surface area (Å²) in [5.74, 6) is 0.568. The molecule has 0 aromatic carbocycles. The summed E-state index contributed by atoms with van der Waals surface area (Å²) in [5, 5.41) is 11.7. The molecule has 5 heteroatoms. The topological polar surface area (TPSA) is 70.9 Å². The van der Waals surface area contributed by atoms with E-state index in [1.807, 2.05) is 18.2 Å². The van der Waals surface area contributed by atoms with E-state index < -0.39 is 0 Å². The molecule has 5 nitrogen and oxygen atoms in total. The van der Waals surface area contributed by atoms with Crippen LogP contribution in [0.1, 0.15) is 6.42 Å². The van der Waals surface area contributed by atoms with Gasteiger partial charge in [0, 0.05) is 37.3 Å². The summed E-state index contributed by atoms with van der Waals surface area (Å²) in [6.45, 7) is 0.832. The lowest BCUT2D eigenvalue weighted by molar-refractivity contribution is 0.292. The molecule has 0 bridgehead atoms. The van der Waals surface area contributed by atoms with Gasteiger partial charge in [0.15, 0.2) is 0 Å². The van der Waals surface area contributed by atoms with Gasteiger partial charge in [0.25, 0.3) is 0 Å². The van der Waals surface area contributed by atoms with Gasteiger partial charge in [-0.05, 0) is 18.6 Å². The molecule has 2 N–H and O–H groups in total. The van der Waals surface area contributed by atoms with Crippen LogP contribution >= 0.6 is 0 Å². The lowest BCUT2D eigenvalue weighted by Crippen LogP contribution is -2.06. The first-order valence-corrected chi connectivity index (χ1v) is 5.48. The third kappa shape index (κ3) is 3.22. The van der Waals surface area contributed by atoms with Crippen molar-refractivity contribution in [3.63, 3.8) is 0 Å². The fourth-order valence-electron chi connectivity index (χ4n) is 1.36. The van der Waals surface area contributed by atoms with Gasteiger partial charge in [0.2, 0.25) is 5.95 Å². The molecule has 2 rings (SSSR count). The van der Waals surface area contributed by atoms with Crippen LogP contribution in [0.5, 0.6) is 0 Å². The maximum Gasteiger partial charge on any atom is 0.222 e. The molecule has 0 aliphatic rings. The Bertz CT molecular complexity index is 444. The predicted molar refractivity (Wildman–Crippen MR) is 65.5 cm³/mol. The van der Waals surface area contributed by atoms with E-state index in [1.165, 1.54) is 0 Å². The Morgan fingerprint density at radius 2 is 1.94 bits per heavy atom. The number of aliphatic hydroxyl groups is 1. The van der Waals surface area contributed by atoms with Gasteiger partial charge in [-0.15, -0.1) is 0 Å². The first-order valence-electron chi connectivity index (χ1n) is 5.48. The number of hydrogen-bond donors (Lipinski definition) is 2. The summed E-state index contributed by atoms with van der Waals surface area (Å²) < 4.78 is 0. The third-order valence-corrected chi connectivity index (χ3v) is 2.23. The van der Waals surface area contributed by atoms with Crippen molar-refractivity contribution in [3.05, 3.63) is 36.8 Å². The Hall–Kier alpha value is -2.01. The highest BCUT2D eigenvalue weighted by atomic mass is 16.3. The van der Waals surface area contributed by atoms with Gasteiger partial charge in [-0.25, -0.2) is 9.97 Å². The molecule has 0 unspecified atom stereocenters. The van der Waals surface area contributed by atoms with Crippen molar-refractivity contribution in [1.82, 2.24) is 15.0 Å². The smallest absolute Gasteiger partial charge is 0.222 e. The number of rotatable bonds is 5. The molecule has 0 amide bonds. The molecular formula is C12H14N4O. The zero-order chi connectivity index (χ0) is 11.9. The largest absolute Gasteiger partial charge is 0.396 e. The first kappa shape index (κ1) is 11.5. The molecule has 0 fully saturated rings. The van der Waals surface area contributed by atoms with Crippen molar-refractivity contribution in [2.75, 3.05) is 18.5 Å². The summed E-state index contributed by atoms with van der Waals surface area (Å²) in [6.07, 6.45) is 5.89. The van der Waals surface area contributed by atoms with Crippen LogP contribution in [-0.2, 0) is 0 Å². The molecule has 0 aliphatic carbocycles.